The molecule has 2 unspecified atom stereocenters. The Morgan fingerprint density at radius 2 is 1.97 bits per heavy atom. The molecular formula is C21H36Cl2N2O4. The normalized spacial score (nSPS) is 21.7. The lowest BCUT2D eigenvalue weighted by atomic mass is 9.80. The standard InChI is InChI=1S/C21H34N2O4.2ClH/c1-5-6-15(13-18(24)26-4)21(3,25)20-19(22)17(11-12-23-20)27-16-9-7-14(2)8-10-16;;/h11-12,14-16,25H,5-10,13,22H2,1-4H3;2*1H. The van der Waals surface area contributed by atoms with Crippen LogP contribution in [0.1, 0.15) is 71.4 Å². The molecule has 1 aromatic heterocycles. The predicted molar refractivity (Wildman–Crippen MR) is 120 cm³/mol. The molecule has 2 rings (SSSR count). The Labute approximate surface area is 186 Å². The Balaban J connectivity index is 0.00000392. The molecule has 1 fully saturated rings. The number of anilines is 1. The molecule has 1 heterocycles. The zero-order chi connectivity index (χ0) is 20.0. The van der Waals surface area contributed by atoms with Gasteiger partial charge >= 0.3 is 5.97 Å². The van der Waals surface area contributed by atoms with Crippen LogP contribution in [0.5, 0.6) is 5.75 Å². The molecule has 1 aliphatic carbocycles. The highest BCUT2D eigenvalue weighted by Gasteiger charge is 2.38. The van der Waals surface area contributed by atoms with Crippen LogP contribution in [-0.2, 0) is 15.1 Å². The summed E-state index contributed by atoms with van der Waals surface area (Å²) < 4.78 is 10.9. The monoisotopic (exact) mass is 450 g/mol. The van der Waals surface area contributed by atoms with Gasteiger partial charge in [0.25, 0.3) is 0 Å². The third-order valence-electron chi connectivity index (χ3n) is 5.76. The van der Waals surface area contributed by atoms with Crippen LogP contribution >= 0.6 is 24.8 Å². The lowest BCUT2D eigenvalue weighted by Crippen LogP contribution is -2.35. The number of pyridine rings is 1. The minimum atomic E-state index is -1.35. The summed E-state index contributed by atoms with van der Waals surface area (Å²) in [5.74, 6) is 0.615. The number of nitrogen functional groups attached to an aromatic ring is 1. The molecule has 0 aromatic carbocycles. The molecule has 0 saturated heterocycles. The van der Waals surface area contributed by atoms with Crippen molar-refractivity contribution in [3.63, 3.8) is 0 Å². The van der Waals surface area contributed by atoms with E-state index < -0.39 is 5.60 Å². The Bertz CT molecular complexity index is 635. The first kappa shape index (κ1) is 27.8. The van der Waals surface area contributed by atoms with Crippen molar-refractivity contribution in [3.8, 4) is 5.75 Å². The van der Waals surface area contributed by atoms with Gasteiger partial charge in [-0.2, -0.15) is 0 Å². The van der Waals surface area contributed by atoms with Crippen LogP contribution in [0.4, 0.5) is 5.69 Å². The number of nitrogens with two attached hydrogens (primary N) is 1. The van der Waals surface area contributed by atoms with E-state index in [-0.39, 0.29) is 49.2 Å². The quantitative estimate of drug-likeness (QED) is 0.559. The van der Waals surface area contributed by atoms with Crippen LogP contribution in [-0.4, -0.2) is 29.3 Å². The number of halogens is 2. The van der Waals surface area contributed by atoms with Crippen LogP contribution < -0.4 is 10.5 Å². The predicted octanol–water partition coefficient (Wildman–Crippen LogP) is 4.65. The van der Waals surface area contributed by atoms with Crippen molar-refractivity contribution in [2.45, 2.75) is 77.4 Å². The number of carbonyl (C=O) groups is 1. The van der Waals surface area contributed by atoms with Crippen molar-refractivity contribution in [2.75, 3.05) is 12.8 Å². The number of carbonyl (C=O) groups excluding carboxylic acids is 1. The molecule has 168 valence electrons. The summed E-state index contributed by atoms with van der Waals surface area (Å²) in [6, 6.07) is 1.75. The van der Waals surface area contributed by atoms with Gasteiger partial charge in [0, 0.05) is 18.2 Å². The van der Waals surface area contributed by atoms with Crippen LogP contribution in [0.15, 0.2) is 12.3 Å². The highest BCUT2D eigenvalue weighted by molar-refractivity contribution is 5.85. The molecule has 0 spiro atoms. The molecule has 0 aliphatic heterocycles. The second kappa shape index (κ2) is 12.5. The number of ether oxygens (including phenoxy) is 2. The van der Waals surface area contributed by atoms with E-state index in [1.54, 1.807) is 19.2 Å². The van der Waals surface area contributed by atoms with Gasteiger partial charge in [0.2, 0.25) is 0 Å². The average molecular weight is 451 g/mol. The zero-order valence-corrected chi connectivity index (χ0v) is 19.5. The van der Waals surface area contributed by atoms with Crippen molar-refractivity contribution in [1.29, 1.82) is 0 Å². The maximum atomic E-state index is 11.8. The van der Waals surface area contributed by atoms with E-state index in [2.05, 4.69) is 11.9 Å². The van der Waals surface area contributed by atoms with Gasteiger partial charge in [0.1, 0.15) is 11.4 Å². The number of esters is 1. The molecule has 3 N–H and O–H groups in total. The fourth-order valence-electron chi connectivity index (χ4n) is 3.90. The van der Waals surface area contributed by atoms with Crippen LogP contribution in [0.3, 0.4) is 0 Å². The number of hydrogen-bond donors (Lipinski definition) is 2. The molecule has 0 radical (unpaired) electrons. The molecule has 1 aromatic rings. The van der Waals surface area contributed by atoms with Gasteiger partial charge in [-0.05, 0) is 44.9 Å². The number of aromatic nitrogens is 1. The summed E-state index contributed by atoms with van der Waals surface area (Å²) in [6.45, 7) is 5.95. The Hall–Kier alpha value is -1.24. The van der Waals surface area contributed by atoms with Crippen molar-refractivity contribution in [1.82, 2.24) is 4.98 Å². The minimum Gasteiger partial charge on any atom is -0.488 e. The summed E-state index contributed by atoms with van der Waals surface area (Å²) >= 11 is 0. The Kier molecular flexibility index (Phi) is 11.9. The van der Waals surface area contributed by atoms with Gasteiger partial charge in [-0.3, -0.25) is 9.78 Å². The summed E-state index contributed by atoms with van der Waals surface area (Å²) in [5, 5.41) is 11.3. The Morgan fingerprint density at radius 3 is 2.52 bits per heavy atom. The molecule has 8 heteroatoms. The van der Waals surface area contributed by atoms with Gasteiger partial charge in [0.05, 0.1) is 31.0 Å². The maximum absolute atomic E-state index is 11.8. The highest BCUT2D eigenvalue weighted by atomic mass is 35.5. The smallest absolute Gasteiger partial charge is 0.305 e. The maximum Gasteiger partial charge on any atom is 0.305 e. The fraction of sp³-hybridized carbons (Fsp3) is 0.714. The van der Waals surface area contributed by atoms with E-state index in [0.29, 0.717) is 23.6 Å². The van der Waals surface area contributed by atoms with E-state index in [1.807, 2.05) is 6.92 Å². The number of rotatable bonds is 8. The third kappa shape index (κ3) is 7.19. The minimum absolute atomic E-state index is 0. The highest BCUT2D eigenvalue weighted by Crippen LogP contribution is 2.40. The lowest BCUT2D eigenvalue weighted by Gasteiger charge is -2.33. The molecule has 1 saturated carbocycles. The van der Waals surface area contributed by atoms with E-state index in [0.717, 1.165) is 38.0 Å². The topological polar surface area (TPSA) is 94.7 Å². The number of methoxy groups -OCH3 is 1. The van der Waals surface area contributed by atoms with Gasteiger partial charge in [-0.15, -0.1) is 24.8 Å². The molecule has 2 atom stereocenters. The van der Waals surface area contributed by atoms with Crippen molar-refractivity contribution >= 4 is 36.5 Å². The van der Waals surface area contributed by atoms with Crippen molar-refractivity contribution in [3.05, 3.63) is 18.0 Å². The van der Waals surface area contributed by atoms with Gasteiger partial charge < -0.3 is 20.3 Å². The second-order valence-electron chi connectivity index (χ2n) is 7.98. The van der Waals surface area contributed by atoms with Crippen LogP contribution in [0.25, 0.3) is 0 Å². The van der Waals surface area contributed by atoms with E-state index >= 15 is 0 Å². The summed E-state index contributed by atoms with van der Waals surface area (Å²) in [7, 11) is 1.35. The largest absolute Gasteiger partial charge is 0.488 e. The first-order valence-electron chi connectivity index (χ1n) is 10.00. The van der Waals surface area contributed by atoms with Crippen molar-refractivity contribution in [2.24, 2.45) is 11.8 Å². The van der Waals surface area contributed by atoms with Crippen LogP contribution in [0.2, 0.25) is 0 Å². The SMILES string of the molecule is CCCC(CC(=O)OC)C(C)(O)c1nccc(OC2CCC(C)CC2)c1N.Cl.Cl. The average Bonchev–Trinajstić information content (AvgIpc) is 2.64. The van der Waals surface area contributed by atoms with Crippen molar-refractivity contribution < 1.29 is 19.4 Å². The van der Waals surface area contributed by atoms with E-state index in [4.69, 9.17) is 15.2 Å². The molecule has 0 bridgehead atoms. The lowest BCUT2D eigenvalue weighted by molar-refractivity contribution is -0.145. The first-order valence-corrected chi connectivity index (χ1v) is 10.00. The summed E-state index contributed by atoms with van der Waals surface area (Å²) in [6.07, 6.45) is 7.68. The van der Waals surface area contributed by atoms with Crippen LogP contribution in [0, 0.1) is 11.8 Å². The Morgan fingerprint density at radius 1 is 1.34 bits per heavy atom. The van der Waals surface area contributed by atoms with E-state index in [1.165, 1.54) is 7.11 Å². The van der Waals surface area contributed by atoms with Gasteiger partial charge in [-0.1, -0.05) is 20.3 Å². The molecule has 6 nitrogen and oxygen atoms in total. The number of nitrogens with zero attached hydrogens (tertiary/aromatic N) is 1. The first-order chi connectivity index (χ1) is 12.8. The van der Waals surface area contributed by atoms with Gasteiger partial charge in [0.15, 0.2) is 0 Å². The summed E-state index contributed by atoms with van der Waals surface area (Å²) in [4.78, 5) is 16.2. The molecular weight excluding hydrogens is 415 g/mol. The number of hydrogen-bond acceptors (Lipinski definition) is 6. The van der Waals surface area contributed by atoms with Gasteiger partial charge in [-0.25, -0.2) is 0 Å². The molecule has 1 aliphatic rings. The summed E-state index contributed by atoms with van der Waals surface area (Å²) in [5.41, 5.74) is 5.72. The van der Waals surface area contributed by atoms with E-state index in [9.17, 15) is 9.90 Å². The molecule has 0 amide bonds. The zero-order valence-electron chi connectivity index (χ0n) is 17.8. The molecule has 29 heavy (non-hydrogen) atoms. The second-order valence-corrected chi connectivity index (χ2v) is 7.98. The third-order valence-corrected chi connectivity index (χ3v) is 5.76. The fourth-order valence-corrected chi connectivity index (χ4v) is 3.90. The number of aliphatic hydroxyl groups is 1.